The zero-order valence-electron chi connectivity index (χ0n) is 14.6. The Balaban J connectivity index is 1.70. The van der Waals surface area contributed by atoms with Gasteiger partial charge in [0.25, 0.3) is 0 Å². The maximum atomic E-state index is 5.10. The second kappa shape index (κ2) is 7.49. The van der Waals surface area contributed by atoms with Crippen LogP contribution in [0.4, 0.5) is 0 Å². The fourth-order valence-electron chi connectivity index (χ4n) is 3.81. The molecule has 3 heteroatoms. The van der Waals surface area contributed by atoms with Gasteiger partial charge in [-0.25, -0.2) is 0 Å². The third-order valence-corrected chi connectivity index (χ3v) is 6.02. The molecule has 2 aromatic rings. The van der Waals surface area contributed by atoms with Gasteiger partial charge < -0.3 is 0 Å². The van der Waals surface area contributed by atoms with Crippen LogP contribution in [0.1, 0.15) is 30.5 Å². The van der Waals surface area contributed by atoms with Gasteiger partial charge in [0.05, 0.1) is 11.8 Å². The molecular weight excluding hydrogens is 324 g/mol. The zero-order valence-corrected chi connectivity index (χ0v) is 15.5. The minimum atomic E-state index is 0.378. The first-order valence-electron chi connectivity index (χ1n) is 9.10. The molecule has 2 heterocycles. The van der Waals surface area contributed by atoms with E-state index in [9.17, 15) is 0 Å². The molecule has 0 bridgehead atoms. The third kappa shape index (κ3) is 3.38. The molecule has 0 spiro atoms. The van der Waals surface area contributed by atoms with Crippen molar-refractivity contribution in [3.8, 4) is 0 Å². The largest absolute Gasteiger partial charge is 0.289 e. The van der Waals surface area contributed by atoms with Crippen molar-refractivity contribution in [3.63, 3.8) is 0 Å². The SMILES string of the molecule is CCCN1N=C2/C(=C/c3ccccc3)CSCC2C1c1ccccc1. The summed E-state index contributed by atoms with van der Waals surface area (Å²) in [4.78, 5) is 0. The molecule has 0 aromatic heterocycles. The molecule has 128 valence electrons. The number of fused-ring (bicyclic) bond motifs is 1. The number of rotatable bonds is 4. The van der Waals surface area contributed by atoms with Crippen LogP contribution in [0.25, 0.3) is 6.08 Å². The minimum Gasteiger partial charge on any atom is -0.289 e. The first-order chi connectivity index (χ1) is 12.4. The van der Waals surface area contributed by atoms with E-state index in [2.05, 4.69) is 78.7 Å². The van der Waals surface area contributed by atoms with Crippen LogP contribution < -0.4 is 0 Å². The fraction of sp³-hybridized carbons (Fsp3) is 0.318. The molecule has 4 rings (SSSR count). The van der Waals surface area contributed by atoms with Crippen LogP contribution in [0.2, 0.25) is 0 Å². The van der Waals surface area contributed by atoms with Gasteiger partial charge in [-0.2, -0.15) is 16.9 Å². The highest BCUT2D eigenvalue weighted by Crippen LogP contribution is 2.43. The van der Waals surface area contributed by atoms with Crippen LogP contribution in [-0.2, 0) is 0 Å². The summed E-state index contributed by atoms with van der Waals surface area (Å²) in [5, 5.41) is 7.44. The standard InChI is InChI=1S/C22H24N2S/c1-2-13-24-22(18-11-7-4-8-12-18)20-16-25-15-19(21(20)23-24)14-17-9-5-3-6-10-17/h3-12,14,20,22H,2,13,15-16H2,1H3/b19-14+. The highest BCUT2D eigenvalue weighted by Gasteiger charge is 2.41. The average Bonchev–Trinajstić information content (AvgIpc) is 3.03. The molecule has 0 aliphatic carbocycles. The molecular formula is C22H24N2S. The van der Waals surface area contributed by atoms with Gasteiger partial charge in [0.1, 0.15) is 0 Å². The zero-order chi connectivity index (χ0) is 17.1. The van der Waals surface area contributed by atoms with E-state index in [1.807, 2.05) is 11.8 Å². The van der Waals surface area contributed by atoms with Crippen molar-refractivity contribution in [2.75, 3.05) is 18.1 Å². The number of hydrogen-bond acceptors (Lipinski definition) is 3. The van der Waals surface area contributed by atoms with Crippen molar-refractivity contribution in [2.24, 2.45) is 11.0 Å². The van der Waals surface area contributed by atoms with E-state index in [1.165, 1.54) is 22.4 Å². The van der Waals surface area contributed by atoms with Gasteiger partial charge in [-0.3, -0.25) is 5.01 Å². The van der Waals surface area contributed by atoms with Gasteiger partial charge in [0.2, 0.25) is 0 Å². The molecule has 0 radical (unpaired) electrons. The predicted molar refractivity (Wildman–Crippen MR) is 109 cm³/mol. The van der Waals surface area contributed by atoms with Gasteiger partial charge in [0.15, 0.2) is 0 Å². The topological polar surface area (TPSA) is 15.6 Å². The smallest absolute Gasteiger partial charge is 0.0812 e. The van der Waals surface area contributed by atoms with E-state index < -0.39 is 0 Å². The lowest BCUT2D eigenvalue weighted by Gasteiger charge is -2.30. The molecule has 1 saturated heterocycles. The molecule has 2 atom stereocenters. The summed E-state index contributed by atoms with van der Waals surface area (Å²) in [7, 11) is 0. The van der Waals surface area contributed by atoms with Crippen molar-refractivity contribution in [2.45, 2.75) is 19.4 Å². The normalized spacial score (nSPS) is 24.3. The Morgan fingerprint density at radius 2 is 1.80 bits per heavy atom. The van der Waals surface area contributed by atoms with Crippen LogP contribution in [0.15, 0.2) is 71.3 Å². The van der Waals surface area contributed by atoms with Crippen LogP contribution in [0.3, 0.4) is 0 Å². The molecule has 2 unspecified atom stereocenters. The van der Waals surface area contributed by atoms with Crippen LogP contribution >= 0.6 is 11.8 Å². The summed E-state index contributed by atoms with van der Waals surface area (Å²) < 4.78 is 0. The number of hydrogen-bond donors (Lipinski definition) is 0. The highest BCUT2D eigenvalue weighted by molar-refractivity contribution is 7.99. The maximum absolute atomic E-state index is 5.10. The van der Waals surface area contributed by atoms with Crippen molar-refractivity contribution in [1.82, 2.24) is 5.01 Å². The number of thioether (sulfide) groups is 1. The van der Waals surface area contributed by atoms with Crippen molar-refractivity contribution < 1.29 is 0 Å². The Hall–Kier alpha value is -2.00. The van der Waals surface area contributed by atoms with Gasteiger partial charge in [-0.05, 0) is 29.2 Å². The second-order valence-corrected chi connectivity index (χ2v) is 7.74. The summed E-state index contributed by atoms with van der Waals surface area (Å²) in [6, 6.07) is 21.9. The van der Waals surface area contributed by atoms with E-state index >= 15 is 0 Å². The van der Waals surface area contributed by atoms with Crippen molar-refractivity contribution in [3.05, 3.63) is 77.4 Å². The van der Waals surface area contributed by atoms with Gasteiger partial charge >= 0.3 is 0 Å². The quantitative estimate of drug-likeness (QED) is 0.749. The highest BCUT2D eigenvalue weighted by atomic mass is 32.2. The Kier molecular flexibility index (Phi) is 4.93. The first kappa shape index (κ1) is 16.5. The number of benzene rings is 2. The lowest BCUT2D eigenvalue weighted by atomic mass is 9.87. The molecule has 2 aliphatic heterocycles. The molecule has 2 aromatic carbocycles. The Morgan fingerprint density at radius 1 is 1.08 bits per heavy atom. The third-order valence-electron chi connectivity index (χ3n) is 4.91. The van der Waals surface area contributed by atoms with Gasteiger partial charge in [-0.15, -0.1) is 0 Å². The van der Waals surface area contributed by atoms with E-state index in [-0.39, 0.29) is 0 Å². The van der Waals surface area contributed by atoms with Crippen LogP contribution in [-0.4, -0.2) is 28.8 Å². The first-order valence-corrected chi connectivity index (χ1v) is 10.3. The molecule has 0 amide bonds. The van der Waals surface area contributed by atoms with Gasteiger partial charge in [-0.1, -0.05) is 67.6 Å². The monoisotopic (exact) mass is 348 g/mol. The summed E-state index contributed by atoms with van der Waals surface area (Å²) >= 11 is 2.04. The Labute approximate surface area is 154 Å². The molecule has 0 N–H and O–H groups in total. The Bertz CT molecular complexity index is 767. The molecule has 2 aliphatic rings. The maximum Gasteiger partial charge on any atom is 0.0812 e. The van der Waals surface area contributed by atoms with Crippen LogP contribution in [0.5, 0.6) is 0 Å². The van der Waals surface area contributed by atoms with Crippen LogP contribution in [0, 0.1) is 5.92 Å². The Morgan fingerprint density at radius 3 is 2.52 bits per heavy atom. The molecule has 25 heavy (non-hydrogen) atoms. The predicted octanol–water partition coefficient (Wildman–Crippen LogP) is 5.26. The van der Waals surface area contributed by atoms with E-state index in [1.54, 1.807) is 0 Å². The summed E-state index contributed by atoms with van der Waals surface area (Å²) in [6.07, 6.45) is 3.45. The molecule has 1 fully saturated rings. The summed E-state index contributed by atoms with van der Waals surface area (Å²) in [5.74, 6) is 2.71. The summed E-state index contributed by atoms with van der Waals surface area (Å²) in [6.45, 7) is 3.25. The lowest BCUT2D eigenvalue weighted by molar-refractivity contribution is 0.209. The second-order valence-electron chi connectivity index (χ2n) is 6.71. The molecule has 2 nitrogen and oxygen atoms in total. The lowest BCUT2D eigenvalue weighted by Crippen LogP contribution is -2.30. The average molecular weight is 349 g/mol. The summed E-state index contributed by atoms with van der Waals surface area (Å²) in [5.41, 5.74) is 5.37. The van der Waals surface area contributed by atoms with Crippen molar-refractivity contribution >= 4 is 23.5 Å². The molecule has 0 saturated carbocycles. The van der Waals surface area contributed by atoms with E-state index in [4.69, 9.17) is 5.10 Å². The fourth-order valence-corrected chi connectivity index (χ4v) is 4.98. The van der Waals surface area contributed by atoms with Gasteiger partial charge in [0, 0.05) is 24.0 Å². The van der Waals surface area contributed by atoms with E-state index in [0.717, 1.165) is 24.5 Å². The van der Waals surface area contributed by atoms with E-state index in [0.29, 0.717) is 12.0 Å². The minimum absolute atomic E-state index is 0.378. The number of nitrogens with zero attached hydrogens (tertiary/aromatic N) is 2. The number of hydrazone groups is 1. The van der Waals surface area contributed by atoms with Crippen molar-refractivity contribution in [1.29, 1.82) is 0 Å².